The lowest BCUT2D eigenvalue weighted by Crippen LogP contribution is -2.03. The first-order valence-electron chi connectivity index (χ1n) is 5.64. The first kappa shape index (κ1) is 14.4. The van der Waals surface area contributed by atoms with Gasteiger partial charge in [-0.2, -0.15) is 0 Å². The number of aromatic nitrogens is 2. The highest BCUT2D eigenvalue weighted by Gasteiger charge is 2.12. The Morgan fingerprint density at radius 2 is 2.21 bits per heavy atom. The zero-order valence-electron chi connectivity index (χ0n) is 10.6. The summed E-state index contributed by atoms with van der Waals surface area (Å²) in [4.78, 5) is 14.9. The fraction of sp³-hybridized carbons (Fsp3) is 0.231. The van der Waals surface area contributed by atoms with E-state index in [4.69, 9.17) is 5.11 Å². The second-order valence-corrected chi connectivity index (χ2v) is 6.24. The number of imidazole rings is 1. The highest BCUT2D eigenvalue weighted by atomic mass is 127. The summed E-state index contributed by atoms with van der Waals surface area (Å²) in [5.41, 5.74) is 3.23. The van der Waals surface area contributed by atoms with Gasteiger partial charge >= 0.3 is 5.97 Å². The van der Waals surface area contributed by atoms with Gasteiger partial charge in [0, 0.05) is 21.1 Å². The number of aryl methyl sites for hydroxylation is 2. The minimum atomic E-state index is -0.837. The van der Waals surface area contributed by atoms with Crippen LogP contribution in [0.3, 0.4) is 0 Å². The fourth-order valence-corrected chi connectivity index (χ4v) is 2.94. The number of carboxylic acid groups (broad SMARTS) is 1. The molecule has 0 unspecified atom stereocenters. The molecule has 2 aromatic rings. The van der Waals surface area contributed by atoms with Crippen LogP contribution in [-0.4, -0.2) is 26.4 Å². The molecule has 6 heteroatoms. The number of thioether (sulfide) groups is 1. The number of rotatable bonds is 4. The molecular formula is C13H13IN2O2S. The maximum Gasteiger partial charge on any atom is 0.313 e. The van der Waals surface area contributed by atoms with Crippen molar-refractivity contribution in [2.45, 2.75) is 19.0 Å². The largest absolute Gasteiger partial charge is 0.481 e. The summed E-state index contributed by atoms with van der Waals surface area (Å²) in [6.45, 7) is 4.02. The van der Waals surface area contributed by atoms with Crippen molar-refractivity contribution < 1.29 is 9.90 Å². The van der Waals surface area contributed by atoms with Crippen molar-refractivity contribution in [3.05, 3.63) is 39.2 Å². The summed E-state index contributed by atoms with van der Waals surface area (Å²) in [6.07, 6.45) is 1.76. The predicted octanol–water partition coefficient (Wildman–Crippen LogP) is 3.27. The van der Waals surface area contributed by atoms with Crippen LogP contribution in [0.15, 0.2) is 29.6 Å². The average molecular weight is 388 g/mol. The molecule has 2 rings (SSSR count). The molecule has 0 fully saturated rings. The summed E-state index contributed by atoms with van der Waals surface area (Å²) in [5, 5.41) is 9.47. The molecule has 0 spiro atoms. The monoisotopic (exact) mass is 388 g/mol. The van der Waals surface area contributed by atoms with Crippen LogP contribution in [0.1, 0.15) is 11.3 Å². The smallest absolute Gasteiger partial charge is 0.313 e. The molecule has 1 heterocycles. The maximum atomic E-state index is 10.7. The predicted molar refractivity (Wildman–Crippen MR) is 84.1 cm³/mol. The lowest BCUT2D eigenvalue weighted by Gasteiger charge is -2.10. The number of benzene rings is 1. The molecule has 1 aromatic heterocycles. The van der Waals surface area contributed by atoms with Crippen LogP contribution >= 0.6 is 34.4 Å². The van der Waals surface area contributed by atoms with Gasteiger partial charge < -0.3 is 5.11 Å². The van der Waals surface area contributed by atoms with Gasteiger partial charge in [0.2, 0.25) is 0 Å². The van der Waals surface area contributed by atoms with E-state index >= 15 is 0 Å². The maximum absolute atomic E-state index is 10.7. The Morgan fingerprint density at radius 3 is 2.84 bits per heavy atom. The molecule has 0 saturated heterocycles. The van der Waals surface area contributed by atoms with Gasteiger partial charge in [-0.3, -0.25) is 9.36 Å². The number of nitrogens with zero attached hydrogens (tertiary/aromatic N) is 2. The van der Waals surface area contributed by atoms with E-state index in [2.05, 4.69) is 46.6 Å². The highest BCUT2D eigenvalue weighted by molar-refractivity contribution is 14.1. The van der Waals surface area contributed by atoms with Crippen molar-refractivity contribution in [3.63, 3.8) is 0 Å². The minimum absolute atomic E-state index is 0.0133. The molecule has 4 nitrogen and oxygen atoms in total. The van der Waals surface area contributed by atoms with Crippen LogP contribution in [0.4, 0.5) is 0 Å². The van der Waals surface area contributed by atoms with Gasteiger partial charge in [0.05, 0.1) is 5.75 Å². The van der Waals surface area contributed by atoms with E-state index in [1.807, 2.05) is 17.6 Å². The van der Waals surface area contributed by atoms with E-state index in [0.29, 0.717) is 5.16 Å². The lowest BCUT2D eigenvalue weighted by molar-refractivity contribution is -0.133. The third-order valence-electron chi connectivity index (χ3n) is 2.64. The molecule has 1 aromatic carbocycles. The Hall–Kier alpha value is -1.02. The SMILES string of the molecule is Cc1ccc(-n2c(C)cnc2SCC(=O)O)cc1I. The van der Waals surface area contributed by atoms with Gasteiger partial charge in [0.1, 0.15) is 0 Å². The van der Waals surface area contributed by atoms with Crippen LogP contribution in [0.5, 0.6) is 0 Å². The molecule has 0 aliphatic rings. The molecule has 0 aliphatic heterocycles. The molecule has 19 heavy (non-hydrogen) atoms. The summed E-state index contributed by atoms with van der Waals surface area (Å²) < 4.78 is 3.16. The minimum Gasteiger partial charge on any atom is -0.481 e. The normalized spacial score (nSPS) is 10.7. The fourth-order valence-electron chi connectivity index (χ4n) is 1.68. The highest BCUT2D eigenvalue weighted by Crippen LogP contribution is 2.25. The van der Waals surface area contributed by atoms with Gasteiger partial charge in [-0.05, 0) is 54.1 Å². The number of carboxylic acids is 1. The van der Waals surface area contributed by atoms with E-state index in [9.17, 15) is 4.79 Å². The summed E-state index contributed by atoms with van der Waals surface area (Å²) in [7, 11) is 0. The average Bonchev–Trinajstić information content (AvgIpc) is 2.71. The summed E-state index contributed by atoms with van der Waals surface area (Å²) >= 11 is 3.53. The van der Waals surface area contributed by atoms with Crippen LogP contribution in [0.2, 0.25) is 0 Å². The van der Waals surface area contributed by atoms with Gasteiger partial charge in [-0.25, -0.2) is 4.98 Å². The molecule has 0 atom stereocenters. The standard InChI is InChI=1S/C13H13IN2O2S/c1-8-3-4-10(5-11(8)14)16-9(2)6-15-13(16)19-7-12(17)18/h3-6H,7H2,1-2H3,(H,17,18). The number of hydrogen-bond donors (Lipinski definition) is 1. The van der Waals surface area contributed by atoms with Crippen LogP contribution in [-0.2, 0) is 4.79 Å². The Labute approximate surface area is 129 Å². The lowest BCUT2D eigenvalue weighted by atomic mass is 10.2. The first-order valence-corrected chi connectivity index (χ1v) is 7.71. The number of halogens is 1. The van der Waals surface area contributed by atoms with Crippen molar-refractivity contribution in [2.24, 2.45) is 0 Å². The molecule has 1 N–H and O–H groups in total. The molecular weight excluding hydrogens is 375 g/mol. The molecule has 0 saturated carbocycles. The van der Waals surface area contributed by atoms with Gasteiger partial charge in [-0.15, -0.1) is 0 Å². The van der Waals surface area contributed by atoms with E-state index in [1.165, 1.54) is 20.9 Å². The molecule has 0 aliphatic carbocycles. The Bertz CT molecular complexity index is 625. The van der Waals surface area contributed by atoms with E-state index < -0.39 is 5.97 Å². The summed E-state index contributed by atoms with van der Waals surface area (Å²) in [6, 6.07) is 6.16. The second kappa shape index (κ2) is 5.96. The van der Waals surface area contributed by atoms with E-state index in [-0.39, 0.29) is 5.75 Å². The van der Waals surface area contributed by atoms with Crippen molar-refractivity contribution in [1.29, 1.82) is 0 Å². The van der Waals surface area contributed by atoms with Crippen LogP contribution < -0.4 is 0 Å². The molecule has 0 radical (unpaired) electrons. The van der Waals surface area contributed by atoms with E-state index in [1.54, 1.807) is 6.20 Å². The van der Waals surface area contributed by atoms with E-state index in [0.717, 1.165) is 11.4 Å². The van der Waals surface area contributed by atoms with Crippen LogP contribution in [0, 0.1) is 17.4 Å². The second-order valence-electron chi connectivity index (χ2n) is 4.13. The first-order chi connectivity index (χ1) is 8.99. The third kappa shape index (κ3) is 3.30. The van der Waals surface area contributed by atoms with Gasteiger partial charge in [-0.1, -0.05) is 17.8 Å². The van der Waals surface area contributed by atoms with Crippen LogP contribution in [0.25, 0.3) is 5.69 Å². The van der Waals surface area contributed by atoms with Crippen molar-refractivity contribution >= 4 is 40.3 Å². The van der Waals surface area contributed by atoms with Gasteiger partial charge in [0.25, 0.3) is 0 Å². The molecule has 0 amide bonds. The Kier molecular flexibility index (Phi) is 4.51. The number of carbonyl (C=O) groups is 1. The van der Waals surface area contributed by atoms with Crippen molar-refractivity contribution in [2.75, 3.05) is 5.75 Å². The van der Waals surface area contributed by atoms with Crippen molar-refractivity contribution in [3.8, 4) is 5.69 Å². The third-order valence-corrected chi connectivity index (χ3v) is 4.74. The summed E-state index contributed by atoms with van der Waals surface area (Å²) in [5.74, 6) is -0.824. The van der Waals surface area contributed by atoms with Crippen molar-refractivity contribution in [1.82, 2.24) is 9.55 Å². The zero-order valence-corrected chi connectivity index (χ0v) is 13.5. The molecule has 100 valence electrons. The van der Waals surface area contributed by atoms with Gasteiger partial charge in [0.15, 0.2) is 5.16 Å². The Balaban J connectivity index is 2.40. The zero-order chi connectivity index (χ0) is 14.0. The number of hydrogen-bond acceptors (Lipinski definition) is 3. The molecule has 0 bridgehead atoms. The quantitative estimate of drug-likeness (QED) is 0.645. The Morgan fingerprint density at radius 1 is 1.47 bits per heavy atom. The number of aliphatic carboxylic acids is 1. The topological polar surface area (TPSA) is 55.1 Å².